The molecule has 1 saturated carbocycles. The molecular formula is C15H30N2O2S. The number of hydrogen-bond donors (Lipinski definition) is 1. The molecule has 1 aliphatic heterocycles. The Labute approximate surface area is 124 Å². The zero-order chi connectivity index (χ0) is 14.8. The van der Waals surface area contributed by atoms with E-state index in [0.717, 1.165) is 32.4 Å². The van der Waals surface area contributed by atoms with Crippen LogP contribution in [-0.4, -0.2) is 43.7 Å². The monoisotopic (exact) mass is 302 g/mol. The van der Waals surface area contributed by atoms with Crippen LogP contribution in [0.1, 0.15) is 59.3 Å². The highest BCUT2D eigenvalue weighted by molar-refractivity contribution is 7.89. The number of sulfonamides is 1. The molecule has 0 amide bonds. The van der Waals surface area contributed by atoms with E-state index in [9.17, 15) is 8.42 Å². The Morgan fingerprint density at radius 1 is 1.10 bits per heavy atom. The van der Waals surface area contributed by atoms with Gasteiger partial charge < -0.3 is 0 Å². The van der Waals surface area contributed by atoms with E-state index in [-0.39, 0.29) is 11.6 Å². The van der Waals surface area contributed by atoms with Crippen LogP contribution >= 0.6 is 0 Å². The van der Waals surface area contributed by atoms with Crippen molar-refractivity contribution in [1.82, 2.24) is 9.62 Å². The van der Waals surface area contributed by atoms with Crippen LogP contribution in [0.25, 0.3) is 0 Å². The van der Waals surface area contributed by atoms with Crippen molar-refractivity contribution in [2.45, 2.75) is 70.9 Å². The standard InChI is InChI=1S/C15H30N2O2S/c1-15(2,3)17-10-9-14(11-17)16-20(18,19)12-13-7-5-4-6-8-13/h13-14,16H,4-12H2,1-3H3/t14-/m1/s1. The molecular weight excluding hydrogens is 272 g/mol. The second-order valence-corrected chi connectivity index (χ2v) is 9.30. The first kappa shape index (κ1) is 16.2. The average Bonchev–Trinajstić information content (AvgIpc) is 2.77. The van der Waals surface area contributed by atoms with Crippen molar-refractivity contribution in [3.63, 3.8) is 0 Å². The van der Waals surface area contributed by atoms with Crippen LogP contribution in [0.4, 0.5) is 0 Å². The van der Waals surface area contributed by atoms with Crippen LogP contribution in [0.15, 0.2) is 0 Å². The number of rotatable bonds is 4. The molecule has 4 nitrogen and oxygen atoms in total. The second-order valence-electron chi connectivity index (χ2n) is 7.51. The number of hydrogen-bond acceptors (Lipinski definition) is 3. The summed E-state index contributed by atoms with van der Waals surface area (Å²) in [5.41, 5.74) is 0.129. The Kier molecular flexibility index (Phi) is 5.14. The SMILES string of the molecule is CC(C)(C)N1CC[C@@H](NS(=O)(=O)CC2CCCCC2)C1. The zero-order valence-electron chi connectivity index (χ0n) is 13.2. The fourth-order valence-electron chi connectivity index (χ4n) is 3.43. The molecule has 20 heavy (non-hydrogen) atoms. The van der Waals surface area contributed by atoms with Gasteiger partial charge in [0.25, 0.3) is 0 Å². The maximum absolute atomic E-state index is 12.3. The molecule has 2 aliphatic rings. The highest BCUT2D eigenvalue weighted by Crippen LogP contribution is 2.25. The molecule has 118 valence electrons. The van der Waals surface area contributed by atoms with E-state index in [1.807, 2.05) is 0 Å². The molecule has 1 saturated heterocycles. The molecule has 1 atom stereocenters. The van der Waals surface area contributed by atoms with Crippen LogP contribution < -0.4 is 4.72 Å². The van der Waals surface area contributed by atoms with E-state index in [0.29, 0.717) is 11.7 Å². The molecule has 1 heterocycles. The highest BCUT2D eigenvalue weighted by atomic mass is 32.2. The fourth-order valence-corrected chi connectivity index (χ4v) is 5.18. The quantitative estimate of drug-likeness (QED) is 0.867. The van der Waals surface area contributed by atoms with Crippen molar-refractivity contribution >= 4 is 10.0 Å². The van der Waals surface area contributed by atoms with Gasteiger partial charge in [0.05, 0.1) is 5.75 Å². The zero-order valence-corrected chi connectivity index (χ0v) is 14.0. The third kappa shape index (κ3) is 4.71. The van der Waals surface area contributed by atoms with Gasteiger partial charge in [0.2, 0.25) is 10.0 Å². The van der Waals surface area contributed by atoms with E-state index >= 15 is 0 Å². The van der Waals surface area contributed by atoms with Crippen LogP contribution in [0, 0.1) is 5.92 Å². The summed E-state index contributed by atoms with van der Waals surface area (Å²) < 4.78 is 27.5. The van der Waals surface area contributed by atoms with E-state index in [1.165, 1.54) is 19.3 Å². The lowest BCUT2D eigenvalue weighted by molar-refractivity contribution is 0.172. The Bertz CT molecular complexity index is 408. The van der Waals surface area contributed by atoms with Crippen molar-refractivity contribution in [2.75, 3.05) is 18.8 Å². The predicted molar refractivity (Wildman–Crippen MR) is 83.2 cm³/mol. The largest absolute Gasteiger partial charge is 0.297 e. The van der Waals surface area contributed by atoms with Gasteiger partial charge in [0.1, 0.15) is 0 Å². The van der Waals surface area contributed by atoms with Crippen molar-refractivity contribution in [3.8, 4) is 0 Å². The molecule has 1 aliphatic carbocycles. The molecule has 0 aromatic rings. The third-order valence-electron chi connectivity index (χ3n) is 4.66. The Balaban J connectivity index is 1.83. The Hall–Kier alpha value is -0.130. The molecule has 0 unspecified atom stereocenters. The number of likely N-dealkylation sites (tertiary alicyclic amines) is 1. The summed E-state index contributed by atoms with van der Waals surface area (Å²) in [5.74, 6) is 0.709. The first-order valence-corrected chi connectivity index (χ1v) is 9.66. The molecule has 0 radical (unpaired) electrons. The summed E-state index contributed by atoms with van der Waals surface area (Å²) in [6, 6.07) is 0.0998. The van der Waals surface area contributed by atoms with Crippen molar-refractivity contribution in [1.29, 1.82) is 0 Å². The summed E-state index contributed by atoms with van der Waals surface area (Å²) in [7, 11) is -3.11. The molecule has 5 heteroatoms. The third-order valence-corrected chi connectivity index (χ3v) is 6.27. The van der Waals surface area contributed by atoms with Crippen LogP contribution in [-0.2, 0) is 10.0 Å². The maximum atomic E-state index is 12.3. The molecule has 1 N–H and O–H groups in total. The van der Waals surface area contributed by atoms with E-state index in [4.69, 9.17) is 0 Å². The first-order valence-electron chi connectivity index (χ1n) is 8.01. The normalized spacial score (nSPS) is 27.1. The molecule has 0 bridgehead atoms. The lowest BCUT2D eigenvalue weighted by Gasteiger charge is -2.31. The van der Waals surface area contributed by atoms with Gasteiger partial charge in [-0.3, -0.25) is 4.90 Å². The average molecular weight is 302 g/mol. The topological polar surface area (TPSA) is 49.4 Å². The van der Waals surface area contributed by atoms with Gasteiger partial charge >= 0.3 is 0 Å². The molecule has 0 aromatic carbocycles. The molecule has 2 fully saturated rings. The summed E-state index contributed by atoms with van der Waals surface area (Å²) in [4.78, 5) is 2.36. The van der Waals surface area contributed by atoms with Gasteiger partial charge in [-0.05, 0) is 46.0 Å². The maximum Gasteiger partial charge on any atom is 0.212 e. The molecule has 0 aromatic heterocycles. The first-order chi connectivity index (χ1) is 9.26. The molecule has 2 rings (SSSR count). The van der Waals surface area contributed by atoms with Crippen molar-refractivity contribution in [2.24, 2.45) is 5.92 Å². The van der Waals surface area contributed by atoms with Gasteiger partial charge in [-0.15, -0.1) is 0 Å². The van der Waals surface area contributed by atoms with E-state index < -0.39 is 10.0 Å². The summed E-state index contributed by atoms with van der Waals surface area (Å²) in [6.07, 6.45) is 6.76. The minimum Gasteiger partial charge on any atom is -0.297 e. The second kappa shape index (κ2) is 6.32. The van der Waals surface area contributed by atoms with Gasteiger partial charge in [-0.2, -0.15) is 0 Å². The van der Waals surface area contributed by atoms with E-state index in [2.05, 4.69) is 30.4 Å². The van der Waals surface area contributed by atoms with Gasteiger partial charge in [0, 0.05) is 24.7 Å². The van der Waals surface area contributed by atoms with Crippen molar-refractivity contribution < 1.29 is 8.42 Å². The van der Waals surface area contributed by atoms with Crippen LogP contribution in [0.2, 0.25) is 0 Å². The summed E-state index contributed by atoms with van der Waals surface area (Å²) >= 11 is 0. The minimum absolute atomic E-state index is 0.0998. The number of nitrogens with one attached hydrogen (secondary N) is 1. The lowest BCUT2D eigenvalue weighted by atomic mass is 9.91. The minimum atomic E-state index is -3.11. The van der Waals surface area contributed by atoms with E-state index in [1.54, 1.807) is 0 Å². The smallest absolute Gasteiger partial charge is 0.212 e. The summed E-state index contributed by atoms with van der Waals surface area (Å²) in [6.45, 7) is 8.39. The Morgan fingerprint density at radius 2 is 1.75 bits per heavy atom. The Morgan fingerprint density at radius 3 is 2.30 bits per heavy atom. The predicted octanol–water partition coefficient (Wildman–Crippen LogP) is 2.36. The van der Waals surface area contributed by atoms with Crippen molar-refractivity contribution in [3.05, 3.63) is 0 Å². The summed E-state index contributed by atoms with van der Waals surface area (Å²) in [5, 5.41) is 0. The number of nitrogens with zero attached hydrogens (tertiary/aromatic N) is 1. The van der Waals surface area contributed by atoms with Gasteiger partial charge in [-0.1, -0.05) is 19.3 Å². The highest BCUT2D eigenvalue weighted by Gasteiger charge is 2.32. The van der Waals surface area contributed by atoms with Gasteiger partial charge in [0.15, 0.2) is 0 Å². The van der Waals surface area contributed by atoms with Crippen LogP contribution in [0.5, 0.6) is 0 Å². The molecule has 0 spiro atoms. The van der Waals surface area contributed by atoms with Gasteiger partial charge in [-0.25, -0.2) is 13.1 Å². The fraction of sp³-hybridized carbons (Fsp3) is 1.00. The lowest BCUT2D eigenvalue weighted by Crippen LogP contribution is -2.44. The van der Waals surface area contributed by atoms with Crippen LogP contribution in [0.3, 0.4) is 0 Å².